The van der Waals surface area contributed by atoms with E-state index in [2.05, 4.69) is 5.32 Å². The minimum absolute atomic E-state index is 0.117. The highest BCUT2D eigenvalue weighted by Gasteiger charge is 2.33. The van der Waals surface area contributed by atoms with Crippen molar-refractivity contribution in [3.63, 3.8) is 0 Å². The van der Waals surface area contributed by atoms with Crippen LogP contribution in [0.4, 0.5) is 5.69 Å². The minimum atomic E-state index is -3.79. The van der Waals surface area contributed by atoms with Gasteiger partial charge < -0.3 is 10.2 Å². The van der Waals surface area contributed by atoms with Crippen LogP contribution in [0.15, 0.2) is 48.5 Å². The van der Waals surface area contributed by atoms with E-state index in [4.69, 9.17) is 11.6 Å². The lowest BCUT2D eigenvalue weighted by molar-refractivity contribution is -0.140. The average molecular weight is 520 g/mol. The molecule has 35 heavy (non-hydrogen) atoms. The van der Waals surface area contributed by atoms with E-state index in [0.717, 1.165) is 47.4 Å². The number of aryl methyl sites for hydroxylation is 1. The third kappa shape index (κ3) is 7.45. The largest absolute Gasteiger partial charge is 0.352 e. The van der Waals surface area contributed by atoms with Crippen LogP contribution in [-0.4, -0.2) is 50.0 Å². The van der Waals surface area contributed by atoms with Gasteiger partial charge >= 0.3 is 0 Å². The molecule has 1 N–H and O–H groups in total. The molecule has 0 saturated heterocycles. The molecular weight excluding hydrogens is 486 g/mol. The Kier molecular flexibility index (Phi) is 9.19. The summed E-state index contributed by atoms with van der Waals surface area (Å²) < 4.78 is 26.3. The lowest BCUT2D eigenvalue weighted by Gasteiger charge is -2.33. The van der Waals surface area contributed by atoms with E-state index >= 15 is 0 Å². The fraction of sp³-hybridized carbons (Fsp3) is 0.462. The monoisotopic (exact) mass is 519 g/mol. The predicted octanol–water partition coefficient (Wildman–Crippen LogP) is 4.28. The summed E-state index contributed by atoms with van der Waals surface area (Å²) in [6.07, 6.45) is 5.49. The molecule has 0 aromatic heterocycles. The zero-order chi connectivity index (χ0) is 25.6. The Balaban J connectivity index is 1.91. The standard InChI is InChI=1S/C26H34ClN3O4S/c1-4-24(26(32)28-22-9-5-6-10-22)29(17-20-14-12-19(2)13-15-20)25(31)18-30(35(3,33)34)23-11-7-8-21(27)16-23/h7-8,11-16,22,24H,4-6,9-10,17-18H2,1-3H3,(H,28,32). The Labute approximate surface area is 213 Å². The number of benzene rings is 2. The van der Waals surface area contributed by atoms with E-state index in [1.54, 1.807) is 18.2 Å². The number of anilines is 1. The Morgan fingerprint density at radius 2 is 1.77 bits per heavy atom. The number of hydrogen-bond donors (Lipinski definition) is 1. The predicted molar refractivity (Wildman–Crippen MR) is 140 cm³/mol. The van der Waals surface area contributed by atoms with Crippen LogP contribution in [0.2, 0.25) is 5.02 Å². The van der Waals surface area contributed by atoms with Gasteiger partial charge in [0.05, 0.1) is 11.9 Å². The number of sulfonamides is 1. The highest BCUT2D eigenvalue weighted by molar-refractivity contribution is 7.92. The molecule has 0 spiro atoms. The zero-order valence-corrected chi connectivity index (χ0v) is 22.1. The molecular formula is C26H34ClN3O4S. The van der Waals surface area contributed by atoms with Crippen molar-refractivity contribution in [1.82, 2.24) is 10.2 Å². The molecule has 2 amide bonds. The first-order valence-corrected chi connectivity index (χ1v) is 14.2. The van der Waals surface area contributed by atoms with Crippen LogP contribution in [0.25, 0.3) is 0 Å². The molecule has 7 nitrogen and oxygen atoms in total. The van der Waals surface area contributed by atoms with Crippen LogP contribution in [0, 0.1) is 6.92 Å². The van der Waals surface area contributed by atoms with Crippen molar-refractivity contribution in [2.45, 2.75) is 64.6 Å². The fourth-order valence-corrected chi connectivity index (χ4v) is 5.45. The summed E-state index contributed by atoms with van der Waals surface area (Å²) in [6.45, 7) is 3.60. The first-order chi connectivity index (χ1) is 16.6. The van der Waals surface area contributed by atoms with E-state index in [0.29, 0.717) is 17.1 Å². The van der Waals surface area contributed by atoms with Gasteiger partial charge in [0.2, 0.25) is 21.8 Å². The number of hydrogen-bond acceptors (Lipinski definition) is 4. The van der Waals surface area contributed by atoms with Crippen molar-refractivity contribution in [3.05, 3.63) is 64.7 Å². The number of amides is 2. The molecule has 1 fully saturated rings. The normalized spacial score (nSPS) is 15.0. The van der Waals surface area contributed by atoms with Gasteiger partial charge in [-0.25, -0.2) is 8.42 Å². The molecule has 190 valence electrons. The van der Waals surface area contributed by atoms with E-state index in [-0.39, 0.29) is 18.5 Å². The maximum Gasteiger partial charge on any atom is 0.244 e. The summed E-state index contributed by atoms with van der Waals surface area (Å²) in [4.78, 5) is 28.4. The molecule has 0 bridgehead atoms. The zero-order valence-electron chi connectivity index (χ0n) is 20.5. The van der Waals surface area contributed by atoms with E-state index in [1.807, 2.05) is 38.1 Å². The van der Waals surface area contributed by atoms with Crippen LogP contribution in [0.1, 0.15) is 50.2 Å². The van der Waals surface area contributed by atoms with Crippen molar-refractivity contribution in [2.75, 3.05) is 17.1 Å². The molecule has 1 saturated carbocycles. The van der Waals surface area contributed by atoms with Crippen LogP contribution < -0.4 is 9.62 Å². The Bertz CT molecular complexity index is 1130. The molecule has 2 aromatic carbocycles. The number of halogens is 1. The fourth-order valence-electron chi connectivity index (χ4n) is 4.42. The summed E-state index contributed by atoms with van der Waals surface area (Å²) >= 11 is 6.08. The average Bonchev–Trinajstić information content (AvgIpc) is 3.30. The molecule has 0 aliphatic heterocycles. The van der Waals surface area contributed by atoms with Crippen molar-refractivity contribution >= 4 is 39.1 Å². The van der Waals surface area contributed by atoms with Crippen LogP contribution in [0.3, 0.4) is 0 Å². The van der Waals surface area contributed by atoms with Gasteiger partial charge in [-0.2, -0.15) is 0 Å². The van der Waals surface area contributed by atoms with Gasteiger partial charge in [0.25, 0.3) is 0 Å². The van der Waals surface area contributed by atoms with E-state index in [9.17, 15) is 18.0 Å². The quantitative estimate of drug-likeness (QED) is 0.507. The lowest BCUT2D eigenvalue weighted by atomic mass is 10.1. The third-order valence-electron chi connectivity index (χ3n) is 6.34. The number of nitrogens with zero attached hydrogens (tertiary/aromatic N) is 2. The lowest BCUT2D eigenvalue weighted by Crippen LogP contribution is -2.53. The van der Waals surface area contributed by atoms with Crippen molar-refractivity contribution in [2.24, 2.45) is 0 Å². The summed E-state index contributed by atoms with van der Waals surface area (Å²) in [7, 11) is -3.79. The maximum atomic E-state index is 13.7. The SMILES string of the molecule is CCC(C(=O)NC1CCCC1)N(Cc1ccc(C)cc1)C(=O)CN(c1cccc(Cl)c1)S(C)(=O)=O. The molecule has 0 heterocycles. The van der Waals surface area contributed by atoms with Gasteiger partial charge in [-0.05, 0) is 49.9 Å². The number of nitrogens with one attached hydrogen (secondary N) is 1. The highest BCUT2D eigenvalue weighted by atomic mass is 35.5. The molecule has 2 aromatic rings. The first-order valence-electron chi connectivity index (χ1n) is 12.0. The molecule has 1 aliphatic rings. The van der Waals surface area contributed by atoms with Gasteiger partial charge in [0, 0.05) is 17.6 Å². The molecule has 1 atom stereocenters. The summed E-state index contributed by atoms with van der Waals surface area (Å²) in [5, 5.41) is 3.46. The molecule has 3 rings (SSSR count). The van der Waals surface area contributed by atoms with Gasteiger partial charge in [-0.1, -0.05) is 67.3 Å². The molecule has 1 unspecified atom stereocenters. The highest BCUT2D eigenvalue weighted by Crippen LogP contribution is 2.23. The number of rotatable bonds is 10. The van der Waals surface area contributed by atoms with Crippen molar-refractivity contribution < 1.29 is 18.0 Å². The van der Waals surface area contributed by atoms with E-state index < -0.39 is 28.5 Å². The Morgan fingerprint density at radius 3 is 2.34 bits per heavy atom. The second kappa shape index (κ2) is 11.9. The molecule has 1 aliphatic carbocycles. The molecule has 9 heteroatoms. The number of carbonyl (C=O) groups is 2. The van der Waals surface area contributed by atoms with Crippen LogP contribution >= 0.6 is 11.6 Å². The van der Waals surface area contributed by atoms with Crippen molar-refractivity contribution in [1.29, 1.82) is 0 Å². The van der Waals surface area contributed by atoms with Gasteiger partial charge in [0.15, 0.2) is 0 Å². The van der Waals surface area contributed by atoms with Crippen LogP contribution in [0.5, 0.6) is 0 Å². The molecule has 0 radical (unpaired) electrons. The van der Waals surface area contributed by atoms with Gasteiger partial charge in [-0.15, -0.1) is 0 Å². The maximum absolute atomic E-state index is 13.7. The number of carbonyl (C=O) groups excluding carboxylic acids is 2. The van der Waals surface area contributed by atoms with E-state index in [1.165, 1.54) is 11.0 Å². The second-order valence-electron chi connectivity index (χ2n) is 9.17. The topological polar surface area (TPSA) is 86.8 Å². The second-order valence-corrected chi connectivity index (χ2v) is 11.5. The third-order valence-corrected chi connectivity index (χ3v) is 7.71. The summed E-state index contributed by atoms with van der Waals surface area (Å²) in [6, 6.07) is 13.5. The summed E-state index contributed by atoms with van der Waals surface area (Å²) in [5.41, 5.74) is 2.25. The Hall–Kier alpha value is -2.58. The van der Waals surface area contributed by atoms with Crippen LogP contribution in [-0.2, 0) is 26.2 Å². The van der Waals surface area contributed by atoms with Gasteiger partial charge in [-0.3, -0.25) is 13.9 Å². The van der Waals surface area contributed by atoms with Crippen molar-refractivity contribution in [3.8, 4) is 0 Å². The minimum Gasteiger partial charge on any atom is -0.352 e. The first kappa shape index (κ1) is 27.0. The summed E-state index contributed by atoms with van der Waals surface area (Å²) in [5.74, 6) is -0.655. The smallest absolute Gasteiger partial charge is 0.244 e. The van der Waals surface area contributed by atoms with Gasteiger partial charge in [0.1, 0.15) is 12.6 Å². The Morgan fingerprint density at radius 1 is 1.11 bits per heavy atom.